The van der Waals surface area contributed by atoms with Gasteiger partial charge in [0.15, 0.2) is 0 Å². The van der Waals surface area contributed by atoms with E-state index in [1.54, 1.807) is 0 Å². The molecule has 0 heterocycles. The van der Waals surface area contributed by atoms with Crippen molar-refractivity contribution >= 4 is 21.8 Å². The van der Waals surface area contributed by atoms with Crippen LogP contribution in [0.25, 0.3) is 0 Å². The lowest BCUT2D eigenvalue weighted by atomic mass is 9.77. The van der Waals surface area contributed by atoms with Crippen LogP contribution < -0.4 is 5.32 Å². The molecule has 0 aliphatic heterocycles. The van der Waals surface area contributed by atoms with E-state index in [4.69, 9.17) is 0 Å². The molecule has 0 saturated carbocycles. The molecule has 0 aromatic heterocycles. The number of halogens is 1. The van der Waals surface area contributed by atoms with Crippen molar-refractivity contribution < 1.29 is 4.79 Å². The molecule has 0 fully saturated rings. The Bertz CT molecular complexity index is 387. The van der Waals surface area contributed by atoms with Gasteiger partial charge >= 0.3 is 0 Å². The highest BCUT2D eigenvalue weighted by Gasteiger charge is 2.32. The highest BCUT2D eigenvalue weighted by Crippen LogP contribution is 2.34. The second-order valence-electron chi connectivity index (χ2n) is 4.22. The summed E-state index contributed by atoms with van der Waals surface area (Å²) in [5, 5.41) is 3.90. The summed E-state index contributed by atoms with van der Waals surface area (Å²) in [6.45, 7) is 2.08. The van der Waals surface area contributed by atoms with Gasteiger partial charge in [-0.2, -0.15) is 0 Å². The first-order valence-electron chi connectivity index (χ1n) is 5.70. The fraction of sp³-hybridized carbons (Fsp3) is 0.462. The number of nitrogens with one attached hydrogen (secondary N) is 1. The number of amides is 1. The van der Waals surface area contributed by atoms with Crippen molar-refractivity contribution in [2.45, 2.75) is 31.7 Å². The Morgan fingerprint density at radius 1 is 1.56 bits per heavy atom. The van der Waals surface area contributed by atoms with Gasteiger partial charge in [-0.25, -0.2) is 0 Å². The predicted octanol–water partition coefficient (Wildman–Crippen LogP) is 2.62. The van der Waals surface area contributed by atoms with E-state index in [1.807, 2.05) is 12.1 Å². The third-order valence-corrected chi connectivity index (χ3v) is 3.98. The normalized spacial score (nSPS) is 19.5. The molecule has 2 atom stereocenters. The van der Waals surface area contributed by atoms with Crippen molar-refractivity contribution in [2.24, 2.45) is 0 Å². The van der Waals surface area contributed by atoms with Crippen LogP contribution in [0.5, 0.6) is 0 Å². The first-order valence-corrected chi connectivity index (χ1v) is 6.82. The van der Waals surface area contributed by atoms with E-state index in [0.29, 0.717) is 0 Å². The van der Waals surface area contributed by atoms with Crippen LogP contribution in [0.4, 0.5) is 0 Å². The van der Waals surface area contributed by atoms with Crippen molar-refractivity contribution in [3.05, 3.63) is 35.4 Å². The Morgan fingerprint density at radius 3 is 2.94 bits per heavy atom. The molecule has 2 nitrogen and oxygen atoms in total. The zero-order valence-electron chi connectivity index (χ0n) is 9.37. The summed E-state index contributed by atoms with van der Waals surface area (Å²) < 4.78 is 0. The Balaban J connectivity index is 1.99. The molecule has 0 bridgehead atoms. The van der Waals surface area contributed by atoms with E-state index in [2.05, 4.69) is 40.3 Å². The van der Waals surface area contributed by atoms with Gasteiger partial charge in [0, 0.05) is 11.4 Å². The monoisotopic (exact) mass is 281 g/mol. The Morgan fingerprint density at radius 2 is 2.31 bits per heavy atom. The van der Waals surface area contributed by atoms with E-state index in [-0.39, 0.29) is 17.9 Å². The van der Waals surface area contributed by atoms with Crippen molar-refractivity contribution in [3.8, 4) is 0 Å². The zero-order chi connectivity index (χ0) is 11.5. The van der Waals surface area contributed by atoms with Crippen LogP contribution >= 0.6 is 15.9 Å². The molecule has 1 aliphatic rings. The fourth-order valence-corrected chi connectivity index (χ4v) is 2.66. The van der Waals surface area contributed by atoms with Crippen molar-refractivity contribution in [3.63, 3.8) is 0 Å². The lowest BCUT2D eigenvalue weighted by Gasteiger charge is -2.30. The predicted molar refractivity (Wildman–Crippen MR) is 68.9 cm³/mol. The van der Waals surface area contributed by atoms with Crippen molar-refractivity contribution in [1.82, 2.24) is 5.32 Å². The summed E-state index contributed by atoms with van der Waals surface area (Å²) in [7, 11) is 0. The lowest BCUT2D eigenvalue weighted by molar-refractivity contribution is -0.123. The smallest absolute Gasteiger partial charge is 0.228 e. The van der Waals surface area contributed by atoms with Gasteiger partial charge in [0.25, 0.3) is 0 Å². The summed E-state index contributed by atoms with van der Waals surface area (Å²) in [6, 6.07) is 8.43. The van der Waals surface area contributed by atoms with Crippen molar-refractivity contribution in [1.29, 1.82) is 0 Å². The second kappa shape index (κ2) is 5.00. The van der Waals surface area contributed by atoms with Crippen LogP contribution in [-0.4, -0.2) is 17.3 Å². The third-order valence-electron chi connectivity index (χ3n) is 3.20. The Hall–Kier alpha value is -0.830. The number of hydrogen-bond donors (Lipinski definition) is 1. The Labute approximate surface area is 105 Å². The van der Waals surface area contributed by atoms with E-state index in [1.165, 1.54) is 11.1 Å². The van der Waals surface area contributed by atoms with Gasteiger partial charge < -0.3 is 5.32 Å². The Kier molecular flexibility index (Phi) is 3.64. The highest BCUT2D eigenvalue weighted by atomic mass is 79.9. The summed E-state index contributed by atoms with van der Waals surface area (Å²) >= 11 is 3.41. The highest BCUT2D eigenvalue weighted by molar-refractivity contribution is 9.09. The SMILES string of the molecule is CCC(CBr)NC(=O)C1Cc2ccccc21. The van der Waals surface area contributed by atoms with Crippen LogP contribution in [-0.2, 0) is 11.2 Å². The minimum Gasteiger partial charge on any atom is -0.352 e. The number of benzene rings is 1. The molecule has 16 heavy (non-hydrogen) atoms. The summed E-state index contributed by atoms with van der Waals surface area (Å²) in [5.41, 5.74) is 2.51. The van der Waals surface area contributed by atoms with E-state index in [0.717, 1.165) is 18.2 Å². The molecular weight excluding hydrogens is 266 g/mol. The van der Waals surface area contributed by atoms with Crippen molar-refractivity contribution in [2.75, 3.05) is 5.33 Å². The van der Waals surface area contributed by atoms with Crippen LogP contribution in [0.3, 0.4) is 0 Å². The minimum atomic E-state index is 0.0734. The van der Waals surface area contributed by atoms with Gasteiger partial charge in [0.2, 0.25) is 5.91 Å². The number of rotatable bonds is 4. The van der Waals surface area contributed by atoms with Gasteiger partial charge in [0.1, 0.15) is 0 Å². The molecule has 2 rings (SSSR count). The maximum atomic E-state index is 12.0. The fourth-order valence-electron chi connectivity index (χ4n) is 2.04. The molecular formula is C13H16BrNO. The molecule has 86 valence electrons. The first kappa shape index (κ1) is 11.6. The molecule has 3 heteroatoms. The molecule has 1 aromatic carbocycles. The van der Waals surface area contributed by atoms with Gasteiger partial charge in [-0.1, -0.05) is 47.1 Å². The number of carbonyl (C=O) groups is 1. The van der Waals surface area contributed by atoms with Crippen LogP contribution in [0.2, 0.25) is 0 Å². The van der Waals surface area contributed by atoms with E-state index in [9.17, 15) is 4.79 Å². The zero-order valence-corrected chi connectivity index (χ0v) is 11.0. The molecule has 1 amide bonds. The van der Waals surface area contributed by atoms with Crippen LogP contribution in [0.1, 0.15) is 30.4 Å². The average molecular weight is 282 g/mol. The molecule has 1 aromatic rings. The molecule has 2 unspecified atom stereocenters. The second-order valence-corrected chi connectivity index (χ2v) is 4.87. The molecule has 0 spiro atoms. The average Bonchev–Trinajstić information content (AvgIpc) is 2.27. The first-order chi connectivity index (χ1) is 7.76. The maximum Gasteiger partial charge on any atom is 0.228 e. The standard InChI is InChI=1S/C13H16BrNO/c1-2-10(8-14)15-13(16)12-7-9-5-3-4-6-11(9)12/h3-6,10,12H,2,7-8H2,1H3,(H,15,16). The van der Waals surface area contributed by atoms with Crippen LogP contribution in [0.15, 0.2) is 24.3 Å². The van der Waals surface area contributed by atoms with Crippen LogP contribution in [0, 0.1) is 0 Å². The third kappa shape index (κ3) is 2.14. The largest absolute Gasteiger partial charge is 0.352 e. The van der Waals surface area contributed by atoms with Gasteiger partial charge in [0.05, 0.1) is 5.92 Å². The van der Waals surface area contributed by atoms with E-state index >= 15 is 0 Å². The van der Waals surface area contributed by atoms with Gasteiger partial charge in [-0.3, -0.25) is 4.79 Å². The number of carbonyl (C=O) groups excluding carboxylic acids is 1. The summed E-state index contributed by atoms with van der Waals surface area (Å²) in [6.07, 6.45) is 1.85. The van der Waals surface area contributed by atoms with Gasteiger partial charge in [-0.15, -0.1) is 0 Å². The maximum absolute atomic E-state index is 12.0. The minimum absolute atomic E-state index is 0.0734. The topological polar surface area (TPSA) is 29.1 Å². The quantitative estimate of drug-likeness (QED) is 0.845. The number of fused-ring (bicyclic) bond motifs is 1. The van der Waals surface area contributed by atoms with E-state index < -0.39 is 0 Å². The lowest BCUT2D eigenvalue weighted by Crippen LogP contribution is -2.41. The summed E-state index contributed by atoms with van der Waals surface area (Å²) in [4.78, 5) is 12.0. The number of alkyl halides is 1. The summed E-state index contributed by atoms with van der Waals surface area (Å²) in [5.74, 6) is 0.245. The van der Waals surface area contributed by atoms with Gasteiger partial charge in [-0.05, 0) is 24.0 Å². The number of hydrogen-bond acceptors (Lipinski definition) is 1. The molecule has 0 saturated heterocycles. The molecule has 1 N–H and O–H groups in total. The molecule has 1 aliphatic carbocycles. The molecule has 0 radical (unpaired) electrons.